The first-order chi connectivity index (χ1) is 7.70. The van der Waals surface area contributed by atoms with Gasteiger partial charge in [0.2, 0.25) is 11.8 Å². The zero-order chi connectivity index (χ0) is 11.2. The molecule has 0 aliphatic carbocycles. The van der Waals surface area contributed by atoms with Crippen molar-refractivity contribution in [2.45, 2.75) is 25.3 Å². The Morgan fingerprint density at radius 1 is 1.24 bits per heavy atom. The average molecular weight is 260 g/mol. The fourth-order valence-corrected chi connectivity index (χ4v) is 3.25. The van der Waals surface area contributed by atoms with Crippen LogP contribution < -0.4 is 10.6 Å². The van der Waals surface area contributed by atoms with Crippen LogP contribution in [0.1, 0.15) is 19.3 Å². The molecule has 3 rings (SSSR count). The molecule has 0 bridgehead atoms. The first kappa shape index (κ1) is 12.6. The molecular formula is C11H18ClN3O2. The number of amides is 2. The van der Waals surface area contributed by atoms with Gasteiger partial charge in [0.1, 0.15) is 6.04 Å². The number of carbonyl (C=O) groups excluding carboxylic acids is 2. The van der Waals surface area contributed by atoms with Crippen LogP contribution in [-0.4, -0.2) is 48.9 Å². The van der Waals surface area contributed by atoms with Crippen molar-refractivity contribution >= 4 is 24.2 Å². The van der Waals surface area contributed by atoms with Gasteiger partial charge in [0.05, 0.1) is 6.54 Å². The quantitative estimate of drug-likeness (QED) is 0.617. The van der Waals surface area contributed by atoms with E-state index in [1.54, 1.807) is 4.90 Å². The first-order valence-corrected chi connectivity index (χ1v) is 5.98. The normalized spacial score (nSPS) is 30.8. The number of nitrogens with zero attached hydrogens (tertiary/aromatic N) is 1. The number of hydrogen-bond donors (Lipinski definition) is 2. The molecule has 0 saturated carbocycles. The Labute approximate surface area is 107 Å². The lowest BCUT2D eigenvalue weighted by molar-refractivity contribution is -0.143. The number of piperidine rings is 1. The van der Waals surface area contributed by atoms with Crippen LogP contribution in [0.5, 0.6) is 0 Å². The van der Waals surface area contributed by atoms with Crippen LogP contribution in [0.2, 0.25) is 0 Å². The van der Waals surface area contributed by atoms with Crippen LogP contribution in [0, 0.1) is 5.41 Å². The summed E-state index contributed by atoms with van der Waals surface area (Å²) in [4.78, 5) is 25.3. The van der Waals surface area contributed by atoms with Crippen molar-refractivity contribution < 1.29 is 9.59 Å². The third-order valence-electron chi connectivity index (χ3n) is 4.21. The second-order valence-electron chi connectivity index (χ2n) is 5.21. The minimum absolute atomic E-state index is 0. The van der Waals surface area contributed by atoms with Crippen molar-refractivity contribution in [1.29, 1.82) is 0 Å². The van der Waals surface area contributed by atoms with Crippen molar-refractivity contribution in [1.82, 2.24) is 15.5 Å². The highest BCUT2D eigenvalue weighted by Crippen LogP contribution is 2.42. The largest absolute Gasteiger partial charge is 0.345 e. The Bertz CT molecular complexity index is 316. The Balaban J connectivity index is 0.00000108. The van der Waals surface area contributed by atoms with Crippen LogP contribution in [0.25, 0.3) is 0 Å². The Morgan fingerprint density at radius 3 is 2.59 bits per heavy atom. The van der Waals surface area contributed by atoms with Gasteiger partial charge in [-0.3, -0.25) is 9.59 Å². The van der Waals surface area contributed by atoms with Crippen molar-refractivity contribution in [3.8, 4) is 0 Å². The molecule has 0 aromatic carbocycles. The molecule has 96 valence electrons. The minimum atomic E-state index is -0.195. The summed E-state index contributed by atoms with van der Waals surface area (Å²) < 4.78 is 0. The van der Waals surface area contributed by atoms with E-state index in [1.807, 2.05) is 0 Å². The van der Waals surface area contributed by atoms with E-state index in [0.29, 0.717) is 0 Å². The maximum absolute atomic E-state index is 11.7. The Hall–Kier alpha value is -0.810. The van der Waals surface area contributed by atoms with Gasteiger partial charge in [0.15, 0.2) is 0 Å². The number of hydrogen-bond acceptors (Lipinski definition) is 3. The summed E-state index contributed by atoms with van der Waals surface area (Å²) in [6.07, 6.45) is 3.02. The highest BCUT2D eigenvalue weighted by atomic mass is 35.5. The van der Waals surface area contributed by atoms with E-state index in [9.17, 15) is 9.59 Å². The standard InChI is InChI=1S/C11H17N3O2.ClH/c15-9-6-13-10(16)8-5-11(7-14(8)9)1-3-12-4-2-11;/h8,12H,1-7H2,(H,13,16);1H. The molecule has 3 heterocycles. The Kier molecular flexibility index (Phi) is 3.32. The van der Waals surface area contributed by atoms with Gasteiger partial charge in [-0.05, 0) is 37.8 Å². The van der Waals surface area contributed by atoms with Gasteiger partial charge in [0.25, 0.3) is 0 Å². The van der Waals surface area contributed by atoms with Gasteiger partial charge in [-0.25, -0.2) is 0 Å². The molecule has 0 radical (unpaired) electrons. The van der Waals surface area contributed by atoms with Crippen molar-refractivity contribution in [3.63, 3.8) is 0 Å². The smallest absolute Gasteiger partial charge is 0.243 e. The predicted octanol–water partition coefficient (Wildman–Crippen LogP) is -0.491. The SMILES string of the molecule is Cl.O=C1NCC(=O)N2CC3(CCNCC3)CC12. The minimum Gasteiger partial charge on any atom is -0.345 e. The predicted molar refractivity (Wildman–Crippen MR) is 64.9 cm³/mol. The molecule has 3 saturated heterocycles. The molecule has 0 aromatic rings. The molecule has 2 amide bonds. The topological polar surface area (TPSA) is 61.4 Å². The summed E-state index contributed by atoms with van der Waals surface area (Å²) in [5.74, 6) is 0.120. The van der Waals surface area contributed by atoms with E-state index in [0.717, 1.165) is 38.9 Å². The van der Waals surface area contributed by atoms with Crippen LogP contribution in [-0.2, 0) is 9.59 Å². The maximum atomic E-state index is 11.7. The summed E-state index contributed by atoms with van der Waals surface area (Å²) in [5.41, 5.74) is 0.202. The fourth-order valence-electron chi connectivity index (χ4n) is 3.25. The highest BCUT2D eigenvalue weighted by Gasteiger charge is 2.50. The van der Waals surface area contributed by atoms with E-state index in [2.05, 4.69) is 10.6 Å². The van der Waals surface area contributed by atoms with Gasteiger partial charge in [0, 0.05) is 6.54 Å². The molecule has 6 heteroatoms. The lowest BCUT2D eigenvalue weighted by Gasteiger charge is -2.33. The van der Waals surface area contributed by atoms with Crippen LogP contribution >= 0.6 is 12.4 Å². The molecule has 1 atom stereocenters. The van der Waals surface area contributed by atoms with E-state index < -0.39 is 0 Å². The maximum Gasteiger partial charge on any atom is 0.243 e. The molecule has 3 fully saturated rings. The summed E-state index contributed by atoms with van der Waals surface area (Å²) in [5, 5.41) is 6.02. The van der Waals surface area contributed by atoms with E-state index >= 15 is 0 Å². The summed E-state index contributed by atoms with van der Waals surface area (Å²) in [7, 11) is 0. The molecule has 2 N–H and O–H groups in total. The third kappa shape index (κ3) is 2.02. The number of halogens is 1. The second-order valence-corrected chi connectivity index (χ2v) is 5.21. The molecule has 0 aromatic heterocycles. The van der Waals surface area contributed by atoms with Crippen molar-refractivity contribution in [3.05, 3.63) is 0 Å². The zero-order valence-corrected chi connectivity index (χ0v) is 10.5. The number of nitrogens with one attached hydrogen (secondary N) is 2. The molecular weight excluding hydrogens is 242 g/mol. The van der Waals surface area contributed by atoms with Gasteiger partial charge < -0.3 is 15.5 Å². The van der Waals surface area contributed by atoms with E-state index in [4.69, 9.17) is 0 Å². The highest BCUT2D eigenvalue weighted by molar-refractivity contribution is 5.95. The van der Waals surface area contributed by atoms with Gasteiger partial charge in [-0.15, -0.1) is 12.4 Å². The van der Waals surface area contributed by atoms with Crippen LogP contribution in [0.4, 0.5) is 0 Å². The van der Waals surface area contributed by atoms with Gasteiger partial charge in [-0.2, -0.15) is 0 Å². The van der Waals surface area contributed by atoms with Gasteiger partial charge >= 0.3 is 0 Å². The Morgan fingerprint density at radius 2 is 1.94 bits per heavy atom. The van der Waals surface area contributed by atoms with Gasteiger partial charge in [-0.1, -0.05) is 0 Å². The molecule has 5 nitrogen and oxygen atoms in total. The average Bonchev–Trinajstić information content (AvgIpc) is 2.65. The first-order valence-electron chi connectivity index (χ1n) is 5.98. The van der Waals surface area contributed by atoms with Crippen molar-refractivity contribution in [2.24, 2.45) is 5.41 Å². The van der Waals surface area contributed by atoms with Crippen molar-refractivity contribution in [2.75, 3.05) is 26.2 Å². The number of piperazine rings is 1. The number of rotatable bonds is 0. The van der Waals surface area contributed by atoms with Crippen LogP contribution in [0.3, 0.4) is 0 Å². The second kappa shape index (κ2) is 4.46. The lowest BCUT2D eigenvalue weighted by atomic mass is 9.77. The summed E-state index contributed by atoms with van der Waals surface area (Å²) in [6, 6.07) is -0.195. The number of fused-ring (bicyclic) bond motifs is 1. The molecule has 3 aliphatic rings. The zero-order valence-electron chi connectivity index (χ0n) is 9.70. The fraction of sp³-hybridized carbons (Fsp3) is 0.818. The molecule has 1 spiro atoms. The van der Waals surface area contributed by atoms with E-state index in [1.165, 1.54) is 0 Å². The molecule has 1 unspecified atom stereocenters. The van der Waals surface area contributed by atoms with E-state index in [-0.39, 0.29) is 42.2 Å². The number of carbonyl (C=O) groups is 2. The molecule has 17 heavy (non-hydrogen) atoms. The lowest BCUT2D eigenvalue weighted by Crippen LogP contribution is -2.55. The summed E-state index contributed by atoms with van der Waals surface area (Å²) >= 11 is 0. The monoisotopic (exact) mass is 259 g/mol. The summed E-state index contributed by atoms with van der Waals surface area (Å²) in [6.45, 7) is 2.99. The van der Waals surface area contributed by atoms with Crippen LogP contribution in [0.15, 0.2) is 0 Å². The molecule has 3 aliphatic heterocycles. The third-order valence-corrected chi connectivity index (χ3v) is 4.21.